The number of anilines is 1. The summed E-state index contributed by atoms with van der Waals surface area (Å²) in [5, 5.41) is 13.1. The second-order valence-corrected chi connectivity index (χ2v) is 8.29. The molecule has 0 aromatic heterocycles. The van der Waals surface area contributed by atoms with Gasteiger partial charge in [0.25, 0.3) is 0 Å². The van der Waals surface area contributed by atoms with Crippen LogP contribution in [0.25, 0.3) is 0 Å². The summed E-state index contributed by atoms with van der Waals surface area (Å²) in [5.74, 6) is -0.837. The lowest BCUT2D eigenvalue weighted by Gasteiger charge is -2.40. The third-order valence-corrected chi connectivity index (χ3v) is 4.72. The number of hydrogen-bond donors (Lipinski definition) is 2. The van der Waals surface area contributed by atoms with Gasteiger partial charge in [-0.1, -0.05) is 63.2 Å². The van der Waals surface area contributed by atoms with Crippen LogP contribution in [0, 0.1) is 10.8 Å². The number of rotatable bonds is 6. The topological polar surface area (TPSA) is 49.3 Å². The molecule has 3 heteroatoms. The Morgan fingerprint density at radius 1 is 0.960 bits per heavy atom. The van der Waals surface area contributed by atoms with Crippen molar-refractivity contribution in [2.75, 3.05) is 5.32 Å². The van der Waals surface area contributed by atoms with E-state index in [-0.39, 0.29) is 11.3 Å². The maximum Gasteiger partial charge on any atom is 0.309 e. The summed E-state index contributed by atoms with van der Waals surface area (Å²) in [6, 6.07) is 18.4. The van der Waals surface area contributed by atoms with E-state index in [1.54, 1.807) is 0 Å². The Morgan fingerprint density at radius 3 is 2.00 bits per heavy atom. The lowest BCUT2D eigenvalue weighted by atomic mass is 9.63. The lowest BCUT2D eigenvalue weighted by Crippen LogP contribution is -2.38. The van der Waals surface area contributed by atoms with E-state index in [4.69, 9.17) is 0 Å². The van der Waals surface area contributed by atoms with Crippen molar-refractivity contribution in [2.24, 2.45) is 10.8 Å². The number of carboxylic acid groups (broad SMARTS) is 1. The van der Waals surface area contributed by atoms with E-state index < -0.39 is 11.4 Å². The van der Waals surface area contributed by atoms with Gasteiger partial charge in [-0.05, 0) is 42.5 Å². The van der Waals surface area contributed by atoms with Crippen molar-refractivity contribution in [2.45, 2.75) is 47.1 Å². The molecule has 0 radical (unpaired) electrons. The van der Waals surface area contributed by atoms with Crippen molar-refractivity contribution in [3.63, 3.8) is 0 Å². The molecule has 0 aliphatic carbocycles. The number of carbonyl (C=O) groups is 1. The van der Waals surface area contributed by atoms with Crippen LogP contribution in [0.5, 0.6) is 0 Å². The zero-order chi connectivity index (χ0) is 18.7. The summed E-state index contributed by atoms with van der Waals surface area (Å²) in [6.07, 6.45) is 0. The van der Waals surface area contributed by atoms with Crippen LogP contribution in [0.4, 0.5) is 5.69 Å². The van der Waals surface area contributed by atoms with Crippen molar-refractivity contribution < 1.29 is 9.90 Å². The van der Waals surface area contributed by atoms with E-state index >= 15 is 0 Å². The summed E-state index contributed by atoms with van der Waals surface area (Å²) < 4.78 is 0. The fourth-order valence-electron chi connectivity index (χ4n) is 3.71. The molecule has 0 heterocycles. The highest BCUT2D eigenvalue weighted by Gasteiger charge is 2.44. The number of benzene rings is 2. The van der Waals surface area contributed by atoms with Gasteiger partial charge in [0.15, 0.2) is 0 Å². The number of hydrogen-bond acceptors (Lipinski definition) is 2. The minimum absolute atomic E-state index is 0.0753. The number of para-hydroxylation sites is 1. The predicted molar refractivity (Wildman–Crippen MR) is 104 cm³/mol. The maximum absolute atomic E-state index is 11.8. The van der Waals surface area contributed by atoms with Crippen LogP contribution in [0.1, 0.15) is 51.7 Å². The van der Waals surface area contributed by atoms with Crippen molar-refractivity contribution in [1.82, 2.24) is 0 Å². The first-order valence-electron chi connectivity index (χ1n) is 8.73. The second kappa shape index (κ2) is 7.30. The van der Waals surface area contributed by atoms with Crippen molar-refractivity contribution in [1.29, 1.82) is 0 Å². The SMILES string of the molecule is CC(C)(C)C(c1ccc(CNc2ccccc2)cc1)C(C)(C)C(=O)O. The van der Waals surface area contributed by atoms with Crippen LogP contribution in [0.15, 0.2) is 54.6 Å². The van der Waals surface area contributed by atoms with Crippen LogP contribution in [-0.4, -0.2) is 11.1 Å². The van der Waals surface area contributed by atoms with Crippen LogP contribution in [-0.2, 0) is 11.3 Å². The Labute approximate surface area is 151 Å². The molecule has 25 heavy (non-hydrogen) atoms. The first-order chi connectivity index (χ1) is 11.6. The molecule has 0 saturated heterocycles. The molecule has 134 valence electrons. The number of nitrogens with one attached hydrogen (secondary N) is 1. The third kappa shape index (κ3) is 4.62. The molecule has 2 N–H and O–H groups in total. The maximum atomic E-state index is 11.8. The van der Waals surface area contributed by atoms with Crippen LogP contribution < -0.4 is 5.32 Å². The molecule has 0 spiro atoms. The Balaban J connectivity index is 2.19. The zero-order valence-electron chi connectivity index (χ0n) is 15.8. The van der Waals surface area contributed by atoms with E-state index in [1.807, 2.05) is 44.2 Å². The van der Waals surface area contributed by atoms with E-state index in [0.29, 0.717) is 0 Å². The molecule has 0 bridgehead atoms. The molecule has 0 fully saturated rings. The molecule has 0 aliphatic heterocycles. The third-order valence-electron chi connectivity index (χ3n) is 4.72. The van der Waals surface area contributed by atoms with Crippen molar-refractivity contribution in [3.8, 4) is 0 Å². The normalized spacial score (nSPS) is 13.3. The first-order valence-corrected chi connectivity index (χ1v) is 8.73. The van der Waals surface area contributed by atoms with Crippen molar-refractivity contribution >= 4 is 11.7 Å². The number of carboxylic acids is 1. The highest BCUT2D eigenvalue weighted by Crippen LogP contribution is 2.47. The smallest absolute Gasteiger partial charge is 0.309 e. The van der Waals surface area contributed by atoms with Crippen LogP contribution >= 0.6 is 0 Å². The first kappa shape index (κ1) is 19.0. The van der Waals surface area contributed by atoms with Crippen molar-refractivity contribution in [3.05, 3.63) is 65.7 Å². The van der Waals surface area contributed by atoms with Gasteiger partial charge in [-0.3, -0.25) is 4.79 Å². The van der Waals surface area contributed by atoms with Crippen LogP contribution in [0.3, 0.4) is 0 Å². The zero-order valence-corrected chi connectivity index (χ0v) is 15.8. The summed E-state index contributed by atoms with van der Waals surface area (Å²) in [6.45, 7) is 10.7. The van der Waals surface area contributed by atoms with Gasteiger partial charge in [0.05, 0.1) is 5.41 Å². The van der Waals surface area contributed by atoms with Gasteiger partial charge in [0, 0.05) is 18.2 Å². The minimum Gasteiger partial charge on any atom is -0.481 e. The summed E-state index contributed by atoms with van der Waals surface area (Å²) in [4.78, 5) is 11.8. The summed E-state index contributed by atoms with van der Waals surface area (Å²) in [7, 11) is 0. The van der Waals surface area contributed by atoms with Gasteiger partial charge >= 0.3 is 5.97 Å². The molecule has 0 amide bonds. The molecule has 2 aromatic carbocycles. The standard InChI is InChI=1S/C22H29NO2/c1-21(2,3)19(22(4,5)20(24)25)17-13-11-16(12-14-17)15-23-18-9-7-6-8-10-18/h6-14,19,23H,15H2,1-5H3,(H,24,25). The van der Waals surface area contributed by atoms with Gasteiger partial charge in [-0.15, -0.1) is 0 Å². The monoisotopic (exact) mass is 339 g/mol. The van der Waals surface area contributed by atoms with E-state index in [2.05, 4.69) is 50.4 Å². The quantitative estimate of drug-likeness (QED) is 0.726. The highest BCUT2D eigenvalue weighted by atomic mass is 16.4. The molecule has 0 saturated carbocycles. The summed E-state index contributed by atoms with van der Waals surface area (Å²) >= 11 is 0. The Hall–Kier alpha value is -2.29. The van der Waals surface area contributed by atoms with Gasteiger partial charge in [0.1, 0.15) is 0 Å². The minimum atomic E-state index is -0.831. The molecule has 1 unspecified atom stereocenters. The van der Waals surface area contributed by atoms with E-state index in [1.165, 1.54) is 5.56 Å². The number of aliphatic carboxylic acids is 1. The molecular weight excluding hydrogens is 310 g/mol. The fraction of sp³-hybridized carbons (Fsp3) is 0.409. The van der Waals surface area contributed by atoms with E-state index in [9.17, 15) is 9.90 Å². The molecular formula is C22H29NO2. The van der Waals surface area contributed by atoms with Gasteiger partial charge in [-0.25, -0.2) is 0 Å². The Bertz CT molecular complexity index is 697. The average molecular weight is 339 g/mol. The van der Waals surface area contributed by atoms with Crippen LogP contribution in [0.2, 0.25) is 0 Å². The fourth-order valence-corrected chi connectivity index (χ4v) is 3.71. The highest BCUT2D eigenvalue weighted by molar-refractivity contribution is 5.75. The van der Waals surface area contributed by atoms with Gasteiger partial charge in [0.2, 0.25) is 0 Å². The molecule has 2 aromatic rings. The Morgan fingerprint density at radius 2 is 1.52 bits per heavy atom. The lowest BCUT2D eigenvalue weighted by molar-refractivity contribution is -0.150. The predicted octanol–water partition coefficient (Wildman–Crippen LogP) is 5.54. The molecule has 3 nitrogen and oxygen atoms in total. The van der Waals surface area contributed by atoms with E-state index in [0.717, 1.165) is 17.8 Å². The molecule has 1 atom stereocenters. The largest absolute Gasteiger partial charge is 0.481 e. The van der Waals surface area contributed by atoms with Gasteiger partial charge < -0.3 is 10.4 Å². The summed E-state index contributed by atoms with van der Waals surface area (Å²) in [5.41, 5.74) is 2.36. The molecule has 0 aliphatic rings. The van der Waals surface area contributed by atoms with Gasteiger partial charge in [-0.2, -0.15) is 0 Å². The average Bonchev–Trinajstić information content (AvgIpc) is 2.53. The molecule has 2 rings (SSSR count). The second-order valence-electron chi connectivity index (χ2n) is 8.29. The Kier molecular flexibility index (Phi) is 5.56.